The molecule has 0 fully saturated rings. The van der Waals surface area contributed by atoms with Crippen molar-refractivity contribution in [3.05, 3.63) is 77.2 Å². The Morgan fingerprint density at radius 2 is 1.93 bits per heavy atom. The summed E-state index contributed by atoms with van der Waals surface area (Å²) in [5.74, 6) is 0.652. The summed E-state index contributed by atoms with van der Waals surface area (Å²) in [6.45, 7) is 4.46. The van der Waals surface area contributed by atoms with E-state index in [1.165, 1.54) is 5.56 Å². The van der Waals surface area contributed by atoms with Gasteiger partial charge in [-0.2, -0.15) is 5.10 Å². The summed E-state index contributed by atoms with van der Waals surface area (Å²) in [5, 5.41) is 8.52. The molecule has 0 unspecified atom stereocenters. The number of methoxy groups -OCH3 is 1. The lowest BCUT2D eigenvalue weighted by Gasteiger charge is -2.04. The minimum absolute atomic E-state index is 0.146. The van der Waals surface area contributed by atoms with E-state index in [-0.39, 0.29) is 5.91 Å². The van der Waals surface area contributed by atoms with E-state index in [0.29, 0.717) is 12.2 Å². The lowest BCUT2D eigenvalue weighted by atomic mass is 10.1. The number of aromatic amines is 1. The van der Waals surface area contributed by atoms with Crippen molar-refractivity contribution in [1.29, 1.82) is 0 Å². The van der Waals surface area contributed by atoms with Gasteiger partial charge in [0.2, 0.25) is 0 Å². The summed E-state index contributed by atoms with van der Waals surface area (Å²) < 4.78 is 6.95. The first-order valence-corrected chi connectivity index (χ1v) is 9.10. The Balaban J connectivity index is 1.45. The van der Waals surface area contributed by atoms with E-state index in [0.717, 1.165) is 33.6 Å². The summed E-state index contributed by atoms with van der Waals surface area (Å²) in [6, 6.07) is 15.6. The molecule has 142 valence electrons. The number of amides is 1. The third-order valence-corrected chi connectivity index (χ3v) is 4.75. The molecule has 0 atom stereocenters. The highest BCUT2D eigenvalue weighted by Crippen LogP contribution is 2.21. The molecule has 6 heteroatoms. The number of ether oxygens (including phenoxy) is 1. The molecule has 2 aromatic carbocycles. The van der Waals surface area contributed by atoms with Crippen molar-refractivity contribution < 1.29 is 9.53 Å². The van der Waals surface area contributed by atoms with Gasteiger partial charge in [-0.25, -0.2) is 4.68 Å². The Kier molecular flexibility index (Phi) is 4.61. The van der Waals surface area contributed by atoms with Crippen molar-refractivity contribution in [2.45, 2.75) is 20.4 Å². The maximum atomic E-state index is 12.5. The Morgan fingerprint density at radius 1 is 1.14 bits per heavy atom. The Morgan fingerprint density at radius 3 is 2.68 bits per heavy atom. The van der Waals surface area contributed by atoms with Crippen molar-refractivity contribution >= 4 is 16.8 Å². The van der Waals surface area contributed by atoms with Gasteiger partial charge in [-0.1, -0.05) is 6.07 Å². The molecule has 0 saturated heterocycles. The smallest absolute Gasteiger partial charge is 0.268 e. The minimum Gasteiger partial charge on any atom is -0.497 e. The molecule has 4 aromatic rings. The number of H-pyrrole nitrogens is 1. The molecule has 0 bridgehead atoms. The molecule has 2 aromatic heterocycles. The van der Waals surface area contributed by atoms with Crippen molar-refractivity contribution in [2.24, 2.45) is 0 Å². The van der Waals surface area contributed by atoms with E-state index in [2.05, 4.69) is 34.5 Å². The predicted molar refractivity (Wildman–Crippen MR) is 109 cm³/mol. The standard InChI is InChI=1S/C22H22N4O2/c1-14-10-15(2)19-12-21(24-20(19)11-14)22(27)23-13-16-8-9-26(25-16)17-4-6-18(28-3)7-5-17/h4-12,24H,13H2,1-3H3,(H,23,27). The molecule has 0 spiro atoms. The predicted octanol–water partition coefficient (Wildman–Crippen LogP) is 3.91. The summed E-state index contributed by atoms with van der Waals surface area (Å²) in [6.07, 6.45) is 1.87. The fourth-order valence-electron chi connectivity index (χ4n) is 3.32. The highest BCUT2D eigenvalue weighted by molar-refractivity contribution is 5.98. The Labute approximate surface area is 163 Å². The molecule has 0 aliphatic carbocycles. The van der Waals surface area contributed by atoms with Crippen LogP contribution in [0, 0.1) is 13.8 Å². The molecule has 0 aliphatic rings. The highest BCUT2D eigenvalue weighted by atomic mass is 16.5. The zero-order valence-corrected chi connectivity index (χ0v) is 16.1. The first-order valence-electron chi connectivity index (χ1n) is 9.10. The molecule has 28 heavy (non-hydrogen) atoms. The Bertz CT molecular complexity index is 1140. The van der Waals surface area contributed by atoms with Crippen LogP contribution in [0.3, 0.4) is 0 Å². The number of hydrogen-bond acceptors (Lipinski definition) is 3. The Hall–Kier alpha value is -3.54. The van der Waals surface area contributed by atoms with Crippen molar-refractivity contribution in [3.8, 4) is 11.4 Å². The topological polar surface area (TPSA) is 71.9 Å². The number of fused-ring (bicyclic) bond motifs is 1. The van der Waals surface area contributed by atoms with Gasteiger partial charge in [0.15, 0.2) is 0 Å². The first-order chi connectivity index (χ1) is 13.5. The molecule has 1 amide bonds. The molecular formula is C22H22N4O2. The van der Waals surface area contributed by atoms with Gasteiger partial charge in [-0.15, -0.1) is 0 Å². The van der Waals surface area contributed by atoms with Crippen LogP contribution in [0.15, 0.2) is 54.7 Å². The second-order valence-corrected chi connectivity index (χ2v) is 6.86. The average Bonchev–Trinajstić information content (AvgIpc) is 3.33. The molecule has 2 heterocycles. The van der Waals surface area contributed by atoms with Gasteiger partial charge in [0.25, 0.3) is 5.91 Å². The average molecular weight is 374 g/mol. The lowest BCUT2D eigenvalue weighted by Crippen LogP contribution is -2.23. The quantitative estimate of drug-likeness (QED) is 0.556. The van der Waals surface area contributed by atoms with Crippen LogP contribution in [0.1, 0.15) is 27.3 Å². The summed E-state index contributed by atoms with van der Waals surface area (Å²) in [4.78, 5) is 15.7. The second kappa shape index (κ2) is 7.23. The summed E-state index contributed by atoms with van der Waals surface area (Å²) in [5.41, 5.74) is 5.57. The zero-order chi connectivity index (χ0) is 19.7. The van der Waals surface area contributed by atoms with Gasteiger partial charge < -0.3 is 15.0 Å². The SMILES string of the molecule is COc1ccc(-n2ccc(CNC(=O)c3cc4c(C)cc(C)cc4[nH]3)n2)cc1. The van der Waals surface area contributed by atoms with E-state index < -0.39 is 0 Å². The molecule has 0 radical (unpaired) electrons. The van der Waals surface area contributed by atoms with Gasteiger partial charge in [-0.05, 0) is 67.4 Å². The van der Waals surface area contributed by atoms with Crippen molar-refractivity contribution in [1.82, 2.24) is 20.1 Å². The minimum atomic E-state index is -0.146. The molecule has 0 saturated carbocycles. The second-order valence-electron chi connectivity index (χ2n) is 6.86. The first kappa shape index (κ1) is 17.9. The number of aromatic nitrogens is 3. The van der Waals surface area contributed by atoms with E-state index in [1.54, 1.807) is 11.8 Å². The third-order valence-electron chi connectivity index (χ3n) is 4.75. The van der Waals surface area contributed by atoms with Gasteiger partial charge in [0.05, 0.1) is 25.0 Å². The molecule has 2 N–H and O–H groups in total. The molecule has 4 rings (SSSR count). The van der Waals surface area contributed by atoms with Gasteiger partial charge >= 0.3 is 0 Å². The number of carbonyl (C=O) groups is 1. The van der Waals surface area contributed by atoms with Crippen molar-refractivity contribution in [3.63, 3.8) is 0 Å². The van der Waals surface area contributed by atoms with Crippen LogP contribution >= 0.6 is 0 Å². The molecule has 0 aliphatic heterocycles. The van der Waals surface area contributed by atoms with Crippen LogP contribution in [-0.4, -0.2) is 27.8 Å². The van der Waals surface area contributed by atoms with E-state index >= 15 is 0 Å². The number of hydrogen-bond donors (Lipinski definition) is 2. The summed E-state index contributed by atoms with van der Waals surface area (Å²) in [7, 11) is 1.64. The number of nitrogens with one attached hydrogen (secondary N) is 2. The van der Waals surface area contributed by atoms with E-state index in [4.69, 9.17) is 4.74 Å². The normalized spacial score (nSPS) is 11.0. The fraction of sp³-hybridized carbons (Fsp3) is 0.182. The van der Waals surface area contributed by atoms with Crippen LogP contribution in [-0.2, 0) is 6.54 Å². The van der Waals surface area contributed by atoms with E-state index in [9.17, 15) is 4.79 Å². The maximum Gasteiger partial charge on any atom is 0.268 e. The van der Waals surface area contributed by atoms with Gasteiger partial charge in [0.1, 0.15) is 11.4 Å². The number of nitrogens with zero attached hydrogens (tertiary/aromatic N) is 2. The van der Waals surface area contributed by atoms with Crippen LogP contribution < -0.4 is 10.1 Å². The monoisotopic (exact) mass is 374 g/mol. The number of rotatable bonds is 5. The number of benzene rings is 2. The van der Waals surface area contributed by atoms with Crippen LogP contribution in [0.25, 0.3) is 16.6 Å². The summed E-state index contributed by atoms with van der Waals surface area (Å²) >= 11 is 0. The van der Waals surface area contributed by atoms with Gasteiger partial charge in [-0.3, -0.25) is 4.79 Å². The van der Waals surface area contributed by atoms with Crippen LogP contribution in [0.5, 0.6) is 5.75 Å². The van der Waals surface area contributed by atoms with Crippen LogP contribution in [0.4, 0.5) is 0 Å². The maximum absolute atomic E-state index is 12.5. The third kappa shape index (κ3) is 3.49. The highest BCUT2D eigenvalue weighted by Gasteiger charge is 2.12. The van der Waals surface area contributed by atoms with E-state index in [1.807, 2.05) is 49.5 Å². The number of carbonyl (C=O) groups excluding carboxylic acids is 1. The van der Waals surface area contributed by atoms with Gasteiger partial charge in [0, 0.05) is 17.1 Å². The fourth-order valence-corrected chi connectivity index (χ4v) is 3.32. The lowest BCUT2D eigenvalue weighted by molar-refractivity contribution is 0.0946. The number of aryl methyl sites for hydroxylation is 2. The zero-order valence-electron chi connectivity index (χ0n) is 16.1. The van der Waals surface area contributed by atoms with Crippen LogP contribution in [0.2, 0.25) is 0 Å². The largest absolute Gasteiger partial charge is 0.497 e. The van der Waals surface area contributed by atoms with Crippen molar-refractivity contribution in [2.75, 3.05) is 7.11 Å². The molecule has 6 nitrogen and oxygen atoms in total. The molecular weight excluding hydrogens is 352 g/mol.